The van der Waals surface area contributed by atoms with Gasteiger partial charge in [0.2, 0.25) is 12.1 Å². The molecule has 0 fully saturated rings. The third-order valence-corrected chi connectivity index (χ3v) is 4.91. The average molecular weight is 412 g/mol. The van der Waals surface area contributed by atoms with E-state index in [2.05, 4.69) is 10.3 Å². The predicted molar refractivity (Wildman–Crippen MR) is 113 cm³/mol. The number of benzene rings is 2. The van der Waals surface area contributed by atoms with Gasteiger partial charge in [-0.25, -0.2) is 4.99 Å². The first kappa shape index (κ1) is 20.7. The van der Waals surface area contributed by atoms with Crippen LogP contribution in [0.3, 0.4) is 0 Å². The molecule has 2 aromatic rings. The molecule has 2 aromatic carbocycles. The van der Waals surface area contributed by atoms with E-state index >= 15 is 0 Å². The van der Waals surface area contributed by atoms with Gasteiger partial charge in [-0.1, -0.05) is 41.9 Å². The van der Waals surface area contributed by atoms with E-state index in [9.17, 15) is 14.4 Å². The van der Waals surface area contributed by atoms with Gasteiger partial charge in [-0.15, -0.1) is 0 Å². The Morgan fingerprint density at radius 3 is 2.55 bits per heavy atom. The highest BCUT2D eigenvalue weighted by molar-refractivity contribution is 6.32. The van der Waals surface area contributed by atoms with E-state index in [-0.39, 0.29) is 24.0 Å². The zero-order valence-corrected chi connectivity index (χ0v) is 17.1. The Bertz CT molecular complexity index is 973. The van der Waals surface area contributed by atoms with E-state index in [4.69, 9.17) is 11.6 Å². The smallest absolute Gasteiger partial charge is 0.272 e. The fourth-order valence-corrected chi connectivity index (χ4v) is 3.36. The number of hydrogen-bond donors (Lipinski definition) is 1. The van der Waals surface area contributed by atoms with Gasteiger partial charge in [0.15, 0.2) is 0 Å². The largest absolute Gasteiger partial charge is 0.327 e. The summed E-state index contributed by atoms with van der Waals surface area (Å²) in [7, 11) is 1.65. The summed E-state index contributed by atoms with van der Waals surface area (Å²) < 4.78 is 0. The molecule has 150 valence electrons. The molecule has 1 aliphatic rings. The molecule has 1 aliphatic heterocycles. The second-order valence-electron chi connectivity index (χ2n) is 6.93. The minimum atomic E-state index is -1.06. The Morgan fingerprint density at radius 2 is 1.86 bits per heavy atom. The summed E-state index contributed by atoms with van der Waals surface area (Å²) in [6.45, 7) is 1.49. The molecule has 29 heavy (non-hydrogen) atoms. The van der Waals surface area contributed by atoms with Crippen LogP contribution in [0.5, 0.6) is 0 Å². The van der Waals surface area contributed by atoms with Crippen molar-refractivity contribution in [3.8, 4) is 0 Å². The maximum absolute atomic E-state index is 13.0. The quantitative estimate of drug-likeness (QED) is 0.791. The standard InChI is InChI=1S/C22H22ClN3O3/c1-14(27)7-6-10-19(28)24-21-22(29)26(2)18-12-11-16(23)13-17(18)20(25-21)15-8-4-3-5-9-15/h3-5,8-9,11-13,21H,6-7,10H2,1-2H3,(H,24,28). The summed E-state index contributed by atoms with van der Waals surface area (Å²) in [5.74, 6) is -0.641. The van der Waals surface area contributed by atoms with Crippen molar-refractivity contribution in [2.45, 2.75) is 32.4 Å². The molecule has 0 radical (unpaired) electrons. The molecule has 1 atom stereocenters. The molecule has 1 N–H and O–H groups in total. The summed E-state index contributed by atoms with van der Waals surface area (Å²) >= 11 is 6.21. The van der Waals surface area contributed by atoms with Crippen LogP contribution in [0.4, 0.5) is 5.69 Å². The number of benzodiazepines with no additional fused rings is 1. The zero-order chi connectivity index (χ0) is 21.0. The number of nitrogens with one attached hydrogen (secondary N) is 1. The van der Waals surface area contributed by atoms with Gasteiger partial charge in [-0.2, -0.15) is 0 Å². The van der Waals surface area contributed by atoms with E-state index in [1.807, 2.05) is 30.3 Å². The van der Waals surface area contributed by atoms with Gasteiger partial charge in [-0.05, 0) is 31.5 Å². The molecule has 1 heterocycles. The van der Waals surface area contributed by atoms with Crippen LogP contribution < -0.4 is 10.2 Å². The van der Waals surface area contributed by atoms with Gasteiger partial charge in [0.1, 0.15) is 5.78 Å². The zero-order valence-electron chi connectivity index (χ0n) is 16.3. The van der Waals surface area contributed by atoms with Crippen LogP contribution >= 0.6 is 11.6 Å². The summed E-state index contributed by atoms with van der Waals surface area (Å²) in [6, 6.07) is 14.7. The number of halogens is 1. The summed E-state index contributed by atoms with van der Waals surface area (Å²) in [5.41, 5.74) is 2.77. The Morgan fingerprint density at radius 1 is 1.14 bits per heavy atom. The minimum absolute atomic E-state index is 0.0276. The van der Waals surface area contributed by atoms with Crippen molar-refractivity contribution >= 4 is 40.6 Å². The minimum Gasteiger partial charge on any atom is -0.327 e. The Labute approximate surface area is 174 Å². The number of fused-ring (bicyclic) bond motifs is 1. The lowest BCUT2D eigenvalue weighted by molar-refractivity contribution is -0.127. The number of hydrogen-bond acceptors (Lipinski definition) is 4. The number of ketones is 1. The van der Waals surface area contributed by atoms with Crippen LogP contribution in [-0.4, -0.2) is 36.5 Å². The van der Waals surface area contributed by atoms with Crippen molar-refractivity contribution < 1.29 is 14.4 Å². The number of Topliss-reactive ketones (excluding diaryl/α,β-unsaturated/α-hetero) is 1. The topological polar surface area (TPSA) is 78.8 Å². The van der Waals surface area contributed by atoms with Crippen LogP contribution in [0.2, 0.25) is 5.02 Å². The first-order valence-corrected chi connectivity index (χ1v) is 9.74. The average Bonchev–Trinajstić information content (AvgIpc) is 2.79. The molecule has 0 saturated carbocycles. The van der Waals surface area contributed by atoms with Gasteiger partial charge in [0.05, 0.1) is 11.4 Å². The Hall–Kier alpha value is -2.99. The number of aliphatic imine (C=N–C) groups is 1. The van der Waals surface area contributed by atoms with Gasteiger partial charge < -0.3 is 15.0 Å². The lowest BCUT2D eigenvalue weighted by Gasteiger charge is -2.21. The highest BCUT2D eigenvalue weighted by Gasteiger charge is 2.31. The Balaban J connectivity index is 1.98. The van der Waals surface area contributed by atoms with E-state index < -0.39 is 6.17 Å². The second-order valence-corrected chi connectivity index (χ2v) is 7.36. The van der Waals surface area contributed by atoms with Crippen LogP contribution in [0.25, 0.3) is 0 Å². The van der Waals surface area contributed by atoms with Crippen LogP contribution in [0.1, 0.15) is 37.3 Å². The van der Waals surface area contributed by atoms with E-state index in [0.29, 0.717) is 34.8 Å². The van der Waals surface area contributed by atoms with E-state index in [1.54, 1.807) is 25.2 Å². The molecule has 0 saturated heterocycles. The molecule has 7 heteroatoms. The number of amides is 2. The summed E-state index contributed by atoms with van der Waals surface area (Å²) in [5, 5.41) is 3.23. The van der Waals surface area contributed by atoms with Gasteiger partial charge in [0.25, 0.3) is 5.91 Å². The third kappa shape index (κ3) is 4.90. The fourth-order valence-electron chi connectivity index (χ4n) is 3.19. The number of rotatable bonds is 6. The van der Waals surface area contributed by atoms with Crippen molar-refractivity contribution in [2.24, 2.45) is 4.99 Å². The highest BCUT2D eigenvalue weighted by atomic mass is 35.5. The van der Waals surface area contributed by atoms with Gasteiger partial charge >= 0.3 is 0 Å². The van der Waals surface area contributed by atoms with Crippen molar-refractivity contribution in [3.05, 3.63) is 64.7 Å². The van der Waals surface area contributed by atoms with Gasteiger partial charge in [0, 0.05) is 36.0 Å². The molecule has 2 amide bonds. The first-order valence-electron chi connectivity index (χ1n) is 9.36. The molecular formula is C22H22ClN3O3. The molecule has 1 unspecified atom stereocenters. The molecule has 6 nitrogen and oxygen atoms in total. The fraction of sp³-hybridized carbons (Fsp3) is 0.273. The first-order chi connectivity index (χ1) is 13.9. The molecule has 0 bridgehead atoms. The Kier molecular flexibility index (Phi) is 6.44. The SMILES string of the molecule is CC(=O)CCCC(=O)NC1N=C(c2ccccc2)c2cc(Cl)ccc2N(C)C1=O. The second kappa shape index (κ2) is 9.01. The van der Waals surface area contributed by atoms with E-state index in [1.165, 1.54) is 11.8 Å². The predicted octanol–water partition coefficient (Wildman–Crippen LogP) is 3.36. The van der Waals surface area contributed by atoms with Crippen LogP contribution in [-0.2, 0) is 14.4 Å². The number of carbonyl (C=O) groups excluding carboxylic acids is 3. The van der Waals surface area contributed by atoms with Crippen molar-refractivity contribution in [1.82, 2.24) is 5.32 Å². The maximum atomic E-state index is 13.0. The molecule has 0 aromatic heterocycles. The molecule has 3 rings (SSSR count). The van der Waals surface area contributed by atoms with Crippen molar-refractivity contribution in [2.75, 3.05) is 11.9 Å². The molecular weight excluding hydrogens is 390 g/mol. The summed E-state index contributed by atoms with van der Waals surface area (Å²) in [6.07, 6.45) is -0.148. The normalized spacial score (nSPS) is 16.0. The maximum Gasteiger partial charge on any atom is 0.272 e. The van der Waals surface area contributed by atoms with Crippen LogP contribution in [0.15, 0.2) is 53.5 Å². The van der Waals surface area contributed by atoms with Crippen molar-refractivity contribution in [1.29, 1.82) is 0 Å². The van der Waals surface area contributed by atoms with Crippen LogP contribution in [0, 0.1) is 0 Å². The molecule has 0 aliphatic carbocycles. The lowest BCUT2D eigenvalue weighted by Crippen LogP contribution is -2.46. The molecule has 0 spiro atoms. The lowest BCUT2D eigenvalue weighted by atomic mass is 10.0. The number of nitrogens with zero attached hydrogens (tertiary/aromatic N) is 2. The van der Waals surface area contributed by atoms with Crippen molar-refractivity contribution in [3.63, 3.8) is 0 Å². The third-order valence-electron chi connectivity index (χ3n) is 4.68. The number of likely N-dealkylation sites (N-methyl/N-ethyl adjacent to an activating group) is 1. The highest BCUT2D eigenvalue weighted by Crippen LogP contribution is 2.29. The number of carbonyl (C=O) groups is 3. The number of anilines is 1. The summed E-state index contributed by atoms with van der Waals surface area (Å²) in [4.78, 5) is 42.5. The van der Waals surface area contributed by atoms with E-state index in [0.717, 1.165) is 5.56 Å². The monoisotopic (exact) mass is 411 g/mol. The van der Waals surface area contributed by atoms with Gasteiger partial charge in [-0.3, -0.25) is 9.59 Å².